The summed E-state index contributed by atoms with van der Waals surface area (Å²) in [5.74, 6) is 0. The summed E-state index contributed by atoms with van der Waals surface area (Å²) in [4.78, 5) is 8.55. The van der Waals surface area contributed by atoms with E-state index in [-0.39, 0.29) is 6.04 Å². The molecule has 21 heavy (non-hydrogen) atoms. The van der Waals surface area contributed by atoms with Crippen molar-refractivity contribution >= 4 is 10.8 Å². The fourth-order valence-corrected chi connectivity index (χ4v) is 2.75. The highest BCUT2D eigenvalue weighted by Gasteiger charge is 2.16. The lowest BCUT2D eigenvalue weighted by atomic mass is 9.95. The Morgan fingerprint density at radius 3 is 2.81 bits per heavy atom. The van der Waals surface area contributed by atoms with Crippen molar-refractivity contribution in [3.8, 4) is 0 Å². The van der Waals surface area contributed by atoms with Gasteiger partial charge in [0, 0.05) is 30.2 Å². The SMILES string of the molecule is CCNC(c1cncc(C)c1)c1cccc2cnccc12. The molecule has 0 aliphatic heterocycles. The highest BCUT2D eigenvalue weighted by atomic mass is 14.9. The summed E-state index contributed by atoms with van der Waals surface area (Å²) in [6.07, 6.45) is 7.60. The van der Waals surface area contributed by atoms with Crippen LogP contribution in [0, 0.1) is 6.92 Å². The maximum atomic E-state index is 4.34. The van der Waals surface area contributed by atoms with Crippen molar-refractivity contribution in [2.45, 2.75) is 19.9 Å². The largest absolute Gasteiger partial charge is 0.306 e. The molecule has 3 heteroatoms. The smallest absolute Gasteiger partial charge is 0.0598 e. The molecule has 1 aromatic carbocycles. The molecule has 0 fully saturated rings. The lowest BCUT2D eigenvalue weighted by Gasteiger charge is -2.20. The molecular weight excluding hydrogens is 258 g/mol. The molecule has 0 spiro atoms. The summed E-state index contributed by atoms with van der Waals surface area (Å²) in [7, 11) is 0. The lowest BCUT2D eigenvalue weighted by molar-refractivity contribution is 0.632. The van der Waals surface area contributed by atoms with Crippen LogP contribution in [0.15, 0.2) is 55.1 Å². The van der Waals surface area contributed by atoms with Gasteiger partial charge in [0.05, 0.1) is 6.04 Å². The predicted molar refractivity (Wildman–Crippen MR) is 86.2 cm³/mol. The summed E-state index contributed by atoms with van der Waals surface area (Å²) in [5, 5.41) is 5.98. The zero-order valence-electron chi connectivity index (χ0n) is 12.4. The van der Waals surface area contributed by atoms with E-state index >= 15 is 0 Å². The number of aryl methyl sites for hydroxylation is 1. The minimum absolute atomic E-state index is 0.147. The Balaban J connectivity index is 2.16. The van der Waals surface area contributed by atoms with Crippen LogP contribution in [0.25, 0.3) is 10.8 Å². The number of nitrogens with zero attached hydrogens (tertiary/aromatic N) is 2. The van der Waals surface area contributed by atoms with E-state index in [1.165, 1.54) is 27.5 Å². The standard InChI is InChI=1S/C18H19N3/c1-3-21-18(15-9-13(2)10-20-12-15)17-6-4-5-14-11-19-8-7-16(14)17/h4-12,18,21H,3H2,1-2H3. The first-order chi connectivity index (χ1) is 10.3. The minimum atomic E-state index is 0.147. The molecule has 3 rings (SSSR count). The Kier molecular flexibility index (Phi) is 3.93. The topological polar surface area (TPSA) is 37.8 Å². The van der Waals surface area contributed by atoms with Crippen LogP contribution in [-0.4, -0.2) is 16.5 Å². The number of fused-ring (bicyclic) bond motifs is 1. The van der Waals surface area contributed by atoms with Gasteiger partial charge in [-0.05, 0) is 41.6 Å². The third-order valence-corrected chi connectivity index (χ3v) is 3.66. The quantitative estimate of drug-likeness (QED) is 0.791. The molecule has 0 aliphatic carbocycles. The molecule has 0 bridgehead atoms. The summed E-state index contributed by atoms with van der Waals surface area (Å²) in [5.41, 5.74) is 3.64. The van der Waals surface area contributed by atoms with Gasteiger partial charge in [-0.2, -0.15) is 0 Å². The van der Waals surface area contributed by atoms with Gasteiger partial charge in [0.25, 0.3) is 0 Å². The van der Waals surface area contributed by atoms with E-state index in [0.29, 0.717) is 0 Å². The molecule has 2 heterocycles. The third-order valence-electron chi connectivity index (χ3n) is 3.66. The van der Waals surface area contributed by atoms with E-state index in [1.807, 2.05) is 24.8 Å². The zero-order valence-corrected chi connectivity index (χ0v) is 12.4. The highest BCUT2D eigenvalue weighted by Crippen LogP contribution is 2.28. The number of benzene rings is 1. The number of hydrogen-bond donors (Lipinski definition) is 1. The van der Waals surface area contributed by atoms with Gasteiger partial charge in [-0.25, -0.2) is 0 Å². The van der Waals surface area contributed by atoms with Crippen LogP contribution in [0.3, 0.4) is 0 Å². The monoisotopic (exact) mass is 277 g/mol. The van der Waals surface area contributed by atoms with Crippen LogP contribution in [0.1, 0.15) is 29.7 Å². The van der Waals surface area contributed by atoms with Crippen molar-refractivity contribution in [3.05, 3.63) is 71.8 Å². The van der Waals surface area contributed by atoms with Gasteiger partial charge >= 0.3 is 0 Å². The molecule has 1 unspecified atom stereocenters. The molecule has 0 saturated carbocycles. The number of hydrogen-bond acceptors (Lipinski definition) is 3. The Morgan fingerprint density at radius 2 is 2.00 bits per heavy atom. The highest BCUT2D eigenvalue weighted by molar-refractivity contribution is 5.85. The van der Waals surface area contributed by atoms with Gasteiger partial charge in [0.15, 0.2) is 0 Å². The molecule has 1 atom stereocenters. The van der Waals surface area contributed by atoms with Crippen LogP contribution in [0.2, 0.25) is 0 Å². The third kappa shape index (κ3) is 2.78. The summed E-state index contributed by atoms with van der Waals surface area (Å²) >= 11 is 0. The van der Waals surface area contributed by atoms with Gasteiger partial charge in [-0.15, -0.1) is 0 Å². The van der Waals surface area contributed by atoms with E-state index in [4.69, 9.17) is 0 Å². The normalized spacial score (nSPS) is 12.5. The Hall–Kier alpha value is -2.26. The summed E-state index contributed by atoms with van der Waals surface area (Å²) in [6.45, 7) is 5.11. The average Bonchev–Trinajstić information content (AvgIpc) is 2.52. The molecule has 0 amide bonds. The van der Waals surface area contributed by atoms with Crippen molar-refractivity contribution in [3.63, 3.8) is 0 Å². The van der Waals surface area contributed by atoms with Crippen LogP contribution >= 0.6 is 0 Å². The fourth-order valence-electron chi connectivity index (χ4n) is 2.75. The second-order valence-corrected chi connectivity index (χ2v) is 5.23. The predicted octanol–water partition coefficient (Wildman–Crippen LogP) is 3.64. The number of rotatable bonds is 4. The van der Waals surface area contributed by atoms with Crippen molar-refractivity contribution in [1.82, 2.24) is 15.3 Å². The van der Waals surface area contributed by atoms with Crippen molar-refractivity contribution in [2.24, 2.45) is 0 Å². The molecule has 2 aromatic heterocycles. The van der Waals surface area contributed by atoms with Crippen molar-refractivity contribution < 1.29 is 0 Å². The number of nitrogens with one attached hydrogen (secondary N) is 1. The molecule has 106 valence electrons. The van der Waals surface area contributed by atoms with Gasteiger partial charge in [0.2, 0.25) is 0 Å². The first-order valence-electron chi connectivity index (χ1n) is 7.27. The molecule has 3 aromatic rings. The minimum Gasteiger partial charge on any atom is -0.306 e. The summed E-state index contributed by atoms with van der Waals surface area (Å²) < 4.78 is 0. The Bertz CT molecular complexity index is 747. The fraction of sp³-hybridized carbons (Fsp3) is 0.222. The molecule has 0 radical (unpaired) electrons. The van der Waals surface area contributed by atoms with E-state index in [9.17, 15) is 0 Å². The van der Waals surface area contributed by atoms with Gasteiger partial charge in [-0.3, -0.25) is 9.97 Å². The van der Waals surface area contributed by atoms with E-state index in [2.05, 4.69) is 59.5 Å². The van der Waals surface area contributed by atoms with Crippen LogP contribution in [0.4, 0.5) is 0 Å². The van der Waals surface area contributed by atoms with Crippen molar-refractivity contribution in [1.29, 1.82) is 0 Å². The number of aromatic nitrogens is 2. The van der Waals surface area contributed by atoms with Gasteiger partial charge in [-0.1, -0.05) is 31.2 Å². The van der Waals surface area contributed by atoms with E-state index in [0.717, 1.165) is 6.54 Å². The van der Waals surface area contributed by atoms with E-state index in [1.54, 1.807) is 0 Å². The molecule has 0 aliphatic rings. The summed E-state index contributed by atoms with van der Waals surface area (Å²) in [6, 6.07) is 10.8. The average molecular weight is 277 g/mol. The Morgan fingerprint density at radius 1 is 1.10 bits per heavy atom. The second kappa shape index (κ2) is 6.02. The first-order valence-corrected chi connectivity index (χ1v) is 7.27. The second-order valence-electron chi connectivity index (χ2n) is 5.23. The lowest BCUT2D eigenvalue weighted by Crippen LogP contribution is -2.22. The van der Waals surface area contributed by atoms with Crippen molar-refractivity contribution in [2.75, 3.05) is 6.54 Å². The van der Waals surface area contributed by atoms with Crippen LogP contribution in [0.5, 0.6) is 0 Å². The van der Waals surface area contributed by atoms with Crippen LogP contribution in [-0.2, 0) is 0 Å². The van der Waals surface area contributed by atoms with Crippen LogP contribution < -0.4 is 5.32 Å². The molecule has 3 nitrogen and oxygen atoms in total. The first kappa shape index (κ1) is 13.7. The van der Waals surface area contributed by atoms with Gasteiger partial charge in [0.1, 0.15) is 0 Å². The van der Waals surface area contributed by atoms with Gasteiger partial charge < -0.3 is 5.32 Å². The maximum absolute atomic E-state index is 4.34. The number of pyridine rings is 2. The molecule has 0 saturated heterocycles. The zero-order chi connectivity index (χ0) is 14.7. The molecule has 1 N–H and O–H groups in total. The molecular formula is C18H19N3. The Labute approximate surface area is 125 Å². The van der Waals surface area contributed by atoms with E-state index < -0.39 is 0 Å². The maximum Gasteiger partial charge on any atom is 0.0598 e.